The summed E-state index contributed by atoms with van der Waals surface area (Å²) >= 11 is 0. The molecule has 0 radical (unpaired) electrons. The molecule has 70 valence electrons. The SMILES string of the molecule is CN(c1ccc(N)cn1)C1CCC1. The van der Waals surface area contributed by atoms with Crippen molar-refractivity contribution in [2.24, 2.45) is 0 Å². The summed E-state index contributed by atoms with van der Waals surface area (Å²) in [6.07, 6.45) is 5.65. The lowest BCUT2D eigenvalue weighted by Gasteiger charge is -2.35. The Balaban J connectivity index is 2.10. The summed E-state index contributed by atoms with van der Waals surface area (Å²) in [5.41, 5.74) is 6.30. The average Bonchev–Trinajstić information content (AvgIpc) is 2.02. The number of anilines is 2. The van der Waals surface area contributed by atoms with Crippen LogP contribution in [0.25, 0.3) is 0 Å². The molecule has 1 heterocycles. The van der Waals surface area contributed by atoms with Crippen molar-refractivity contribution in [1.29, 1.82) is 0 Å². The van der Waals surface area contributed by atoms with E-state index in [4.69, 9.17) is 5.73 Å². The van der Waals surface area contributed by atoms with Crippen LogP contribution in [0.5, 0.6) is 0 Å². The van der Waals surface area contributed by atoms with E-state index >= 15 is 0 Å². The van der Waals surface area contributed by atoms with Gasteiger partial charge in [-0.15, -0.1) is 0 Å². The van der Waals surface area contributed by atoms with Crippen molar-refractivity contribution in [3.05, 3.63) is 18.3 Å². The number of pyridine rings is 1. The van der Waals surface area contributed by atoms with Crippen LogP contribution >= 0.6 is 0 Å². The summed E-state index contributed by atoms with van der Waals surface area (Å²) in [5.74, 6) is 1.03. The van der Waals surface area contributed by atoms with Crippen LogP contribution in [0.1, 0.15) is 19.3 Å². The fourth-order valence-corrected chi connectivity index (χ4v) is 1.57. The quantitative estimate of drug-likeness (QED) is 0.747. The van der Waals surface area contributed by atoms with Crippen LogP contribution in [0, 0.1) is 0 Å². The first-order chi connectivity index (χ1) is 6.27. The van der Waals surface area contributed by atoms with Gasteiger partial charge in [0.2, 0.25) is 0 Å². The van der Waals surface area contributed by atoms with Gasteiger partial charge in [0.15, 0.2) is 0 Å². The van der Waals surface area contributed by atoms with Gasteiger partial charge in [-0.2, -0.15) is 0 Å². The van der Waals surface area contributed by atoms with E-state index in [1.165, 1.54) is 19.3 Å². The van der Waals surface area contributed by atoms with Crippen molar-refractivity contribution >= 4 is 11.5 Å². The molecule has 0 aromatic carbocycles. The number of hydrogen-bond donors (Lipinski definition) is 1. The number of hydrogen-bond acceptors (Lipinski definition) is 3. The minimum atomic E-state index is 0.691. The zero-order valence-electron chi connectivity index (χ0n) is 7.90. The molecule has 0 aliphatic heterocycles. The molecule has 0 unspecified atom stereocenters. The maximum atomic E-state index is 5.57. The molecule has 3 nitrogen and oxygen atoms in total. The van der Waals surface area contributed by atoms with Crippen molar-refractivity contribution < 1.29 is 0 Å². The smallest absolute Gasteiger partial charge is 0.128 e. The third kappa shape index (κ3) is 1.59. The molecule has 1 aromatic heterocycles. The highest BCUT2D eigenvalue weighted by molar-refractivity contribution is 5.46. The summed E-state index contributed by atoms with van der Waals surface area (Å²) in [5, 5.41) is 0. The summed E-state index contributed by atoms with van der Waals surface area (Å²) in [6.45, 7) is 0. The monoisotopic (exact) mass is 177 g/mol. The molecule has 0 spiro atoms. The Morgan fingerprint density at radius 3 is 2.69 bits per heavy atom. The molecule has 1 aromatic rings. The van der Waals surface area contributed by atoms with E-state index in [-0.39, 0.29) is 0 Å². The van der Waals surface area contributed by atoms with Crippen LogP contribution in [0.15, 0.2) is 18.3 Å². The molecular formula is C10H15N3. The number of nitrogens with two attached hydrogens (primary N) is 1. The van der Waals surface area contributed by atoms with Crippen LogP contribution in [-0.2, 0) is 0 Å². The van der Waals surface area contributed by atoms with Crippen LogP contribution in [0.2, 0.25) is 0 Å². The van der Waals surface area contributed by atoms with Crippen molar-refractivity contribution in [2.45, 2.75) is 25.3 Å². The van der Waals surface area contributed by atoms with E-state index < -0.39 is 0 Å². The molecular weight excluding hydrogens is 162 g/mol. The van der Waals surface area contributed by atoms with Crippen LogP contribution in [0.3, 0.4) is 0 Å². The Labute approximate surface area is 78.6 Å². The second kappa shape index (κ2) is 3.24. The Bertz CT molecular complexity index is 277. The largest absolute Gasteiger partial charge is 0.397 e. The Kier molecular flexibility index (Phi) is 2.08. The zero-order chi connectivity index (χ0) is 9.26. The van der Waals surface area contributed by atoms with Gasteiger partial charge in [-0.1, -0.05) is 0 Å². The molecule has 0 atom stereocenters. The van der Waals surface area contributed by atoms with Crippen LogP contribution in [0.4, 0.5) is 11.5 Å². The van der Waals surface area contributed by atoms with E-state index in [1.807, 2.05) is 12.1 Å². The molecule has 13 heavy (non-hydrogen) atoms. The van der Waals surface area contributed by atoms with Crippen LogP contribution < -0.4 is 10.6 Å². The van der Waals surface area contributed by atoms with E-state index in [1.54, 1.807) is 6.20 Å². The third-order valence-corrected chi connectivity index (χ3v) is 2.75. The van der Waals surface area contributed by atoms with Gasteiger partial charge in [-0.3, -0.25) is 0 Å². The summed E-state index contributed by atoms with van der Waals surface area (Å²) in [6, 6.07) is 4.57. The number of nitrogens with zero attached hydrogens (tertiary/aromatic N) is 2. The van der Waals surface area contributed by atoms with Crippen molar-refractivity contribution in [3.63, 3.8) is 0 Å². The first-order valence-corrected chi connectivity index (χ1v) is 4.72. The first kappa shape index (κ1) is 8.35. The Morgan fingerprint density at radius 2 is 2.23 bits per heavy atom. The van der Waals surface area contributed by atoms with Gasteiger partial charge in [0.1, 0.15) is 5.82 Å². The molecule has 2 N–H and O–H groups in total. The molecule has 3 heteroatoms. The molecule has 1 saturated carbocycles. The highest BCUT2D eigenvalue weighted by Gasteiger charge is 2.22. The fourth-order valence-electron chi connectivity index (χ4n) is 1.57. The Hall–Kier alpha value is -1.25. The molecule has 0 bridgehead atoms. The predicted octanol–water partition coefficient (Wildman–Crippen LogP) is 1.65. The fraction of sp³-hybridized carbons (Fsp3) is 0.500. The minimum absolute atomic E-state index is 0.691. The maximum absolute atomic E-state index is 5.57. The second-order valence-electron chi connectivity index (χ2n) is 3.65. The van der Waals surface area contributed by atoms with Gasteiger partial charge in [-0.05, 0) is 31.4 Å². The number of rotatable bonds is 2. The lowest BCUT2D eigenvalue weighted by atomic mass is 9.92. The number of aromatic nitrogens is 1. The van der Waals surface area contributed by atoms with Gasteiger partial charge < -0.3 is 10.6 Å². The molecule has 1 aliphatic rings. The standard InChI is InChI=1S/C10H15N3/c1-13(9-3-2-4-9)10-6-5-8(11)7-12-10/h5-7,9H,2-4,11H2,1H3. The van der Waals surface area contributed by atoms with Crippen molar-refractivity contribution in [2.75, 3.05) is 17.7 Å². The molecule has 1 fully saturated rings. The minimum Gasteiger partial charge on any atom is -0.397 e. The third-order valence-electron chi connectivity index (χ3n) is 2.75. The normalized spacial score (nSPS) is 16.7. The highest BCUT2D eigenvalue weighted by Crippen LogP contribution is 2.26. The van der Waals surface area contributed by atoms with E-state index in [0.29, 0.717) is 6.04 Å². The summed E-state index contributed by atoms with van der Waals surface area (Å²) in [4.78, 5) is 6.52. The van der Waals surface area contributed by atoms with Gasteiger partial charge >= 0.3 is 0 Å². The van der Waals surface area contributed by atoms with Gasteiger partial charge in [0.05, 0.1) is 11.9 Å². The van der Waals surface area contributed by atoms with E-state index in [2.05, 4.69) is 16.9 Å². The number of nitrogen functional groups attached to an aromatic ring is 1. The van der Waals surface area contributed by atoms with Gasteiger partial charge in [0.25, 0.3) is 0 Å². The summed E-state index contributed by atoms with van der Waals surface area (Å²) in [7, 11) is 2.10. The lowest BCUT2D eigenvalue weighted by molar-refractivity contribution is 0.399. The first-order valence-electron chi connectivity index (χ1n) is 4.72. The van der Waals surface area contributed by atoms with Crippen molar-refractivity contribution in [1.82, 2.24) is 4.98 Å². The van der Waals surface area contributed by atoms with Gasteiger partial charge in [-0.25, -0.2) is 4.98 Å². The predicted molar refractivity (Wildman–Crippen MR) is 54.7 cm³/mol. The van der Waals surface area contributed by atoms with E-state index in [9.17, 15) is 0 Å². The molecule has 2 rings (SSSR count). The van der Waals surface area contributed by atoms with Crippen molar-refractivity contribution in [3.8, 4) is 0 Å². The molecule has 1 aliphatic carbocycles. The Morgan fingerprint density at radius 1 is 1.46 bits per heavy atom. The average molecular weight is 177 g/mol. The summed E-state index contributed by atoms with van der Waals surface area (Å²) < 4.78 is 0. The second-order valence-corrected chi connectivity index (χ2v) is 3.65. The topological polar surface area (TPSA) is 42.1 Å². The lowest BCUT2D eigenvalue weighted by Crippen LogP contribution is -2.37. The molecule has 0 amide bonds. The van der Waals surface area contributed by atoms with Crippen LogP contribution in [-0.4, -0.2) is 18.1 Å². The van der Waals surface area contributed by atoms with Gasteiger partial charge in [0, 0.05) is 13.1 Å². The molecule has 0 saturated heterocycles. The zero-order valence-corrected chi connectivity index (χ0v) is 7.90. The highest BCUT2D eigenvalue weighted by atomic mass is 15.2. The van der Waals surface area contributed by atoms with E-state index in [0.717, 1.165) is 11.5 Å². The maximum Gasteiger partial charge on any atom is 0.128 e.